The van der Waals surface area contributed by atoms with Gasteiger partial charge in [0.15, 0.2) is 0 Å². The third-order valence-electron chi connectivity index (χ3n) is 3.04. The molecule has 0 aromatic rings. The predicted molar refractivity (Wildman–Crippen MR) is 128 cm³/mol. The molecule has 0 aliphatic heterocycles. The van der Waals surface area contributed by atoms with E-state index in [-0.39, 0.29) is 39.4 Å². The van der Waals surface area contributed by atoms with Crippen molar-refractivity contribution in [1.29, 1.82) is 0 Å². The van der Waals surface area contributed by atoms with E-state index in [0.29, 0.717) is 26.4 Å². The summed E-state index contributed by atoms with van der Waals surface area (Å²) in [5.74, 6) is 0. The van der Waals surface area contributed by atoms with Crippen molar-refractivity contribution in [3.8, 4) is 0 Å². The zero-order chi connectivity index (χ0) is 24.7. The first kappa shape index (κ1) is 48.9. The normalized spacial score (nSPS) is 8.13. The van der Waals surface area contributed by atoms with Crippen LogP contribution in [0.4, 0.5) is 0 Å². The predicted octanol–water partition coefficient (Wildman–Crippen LogP) is 3.41. The van der Waals surface area contributed by atoms with Crippen molar-refractivity contribution in [3.63, 3.8) is 0 Å². The fraction of sp³-hybridized carbons (Fsp3) is 1.00. The average Bonchev–Trinajstić information content (AvgIpc) is 2.74. The Morgan fingerprint density at radius 3 is 0.548 bits per heavy atom. The van der Waals surface area contributed by atoms with E-state index in [9.17, 15) is 10.2 Å². The van der Waals surface area contributed by atoms with E-state index in [0.717, 1.165) is 77.0 Å². The van der Waals surface area contributed by atoms with Crippen LogP contribution in [0.25, 0.3) is 0 Å². The van der Waals surface area contributed by atoms with E-state index < -0.39 is 0 Å². The summed E-state index contributed by atoms with van der Waals surface area (Å²) in [6.45, 7) is 13.8. The molecule has 0 fully saturated rings. The van der Waals surface area contributed by atoms with Crippen LogP contribution in [0.2, 0.25) is 0 Å². The summed E-state index contributed by atoms with van der Waals surface area (Å²) in [4.78, 5) is 0. The monoisotopic (exact) mass is 532 g/mol. The van der Waals surface area contributed by atoms with Gasteiger partial charge in [-0.2, -0.15) is 0 Å². The van der Waals surface area contributed by atoms with Crippen LogP contribution in [0.1, 0.15) is 119 Å². The number of aliphatic hydroxyl groups is 4. The molecule has 0 unspecified atom stereocenters. The van der Waals surface area contributed by atoms with Crippen LogP contribution >= 0.6 is 0 Å². The zero-order valence-electron chi connectivity index (χ0n) is 21.8. The summed E-state index contributed by atoms with van der Waals surface area (Å²) in [5, 5.41) is 51.3. The Hall–Kier alpha value is 0.643. The molecular formula is C24H58O6Zr. The first-order chi connectivity index (χ1) is 14.5. The van der Waals surface area contributed by atoms with E-state index in [1.807, 2.05) is 13.8 Å². The van der Waals surface area contributed by atoms with Crippen LogP contribution in [0, 0.1) is 0 Å². The van der Waals surface area contributed by atoms with Crippen LogP contribution in [0.15, 0.2) is 0 Å². The maximum Gasteiger partial charge on any atom is 2.00 e. The number of hydrogen-bond acceptors (Lipinski definition) is 6. The van der Waals surface area contributed by atoms with Gasteiger partial charge in [-0.25, -0.2) is 0 Å². The molecule has 6 nitrogen and oxygen atoms in total. The molecule has 0 spiro atoms. The first-order valence-corrected chi connectivity index (χ1v) is 12.1. The zero-order valence-corrected chi connectivity index (χ0v) is 24.3. The second-order valence-electron chi connectivity index (χ2n) is 6.42. The fourth-order valence-corrected chi connectivity index (χ4v) is 0.921. The van der Waals surface area contributed by atoms with Gasteiger partial charge in [-0.05, 0) is 25.7 Å². The Bertz CT molecular complexity index is 120. The summed E-state index contributed by atoms with van der Waals surface area (Å²) in [5.41, 5.74) is 0. The number of rotatable bonds is 12. The largest absolute Gasteiger partial charge is 2.00 e. The Labute approximate surface area is 214 Å². The molecule has 0 saturated carbocycles. The van der Waals surface area contributed by atoms with E-state index in [4.69, 9.17) is 20.4 Å². The molecular weight excluding hydrogens is 475 g/mol. The summed E-state index contributed by atoms with van der Waals surface area (Å²) in [6.07, 6.45) is 11.9. The molecule has 0 atom stereocenters. The molecule has 0 radical (unpaired) electrons. The van der Waals surface area contributed by atoms with Gasteiger partial charge >= 0.3 is 26.2 Å². The van der Waals surface area contributed by atoms with Crippen molar-refractivity contribution in [3.05, 3.63) is 0 Å². The first-order valence-electron chi connectivity index (χ1n) is 12.1. The average molecular weight is 534 g/mol. The number of unbranched alkanes of at least 4 members (excludes halogenated alkanes) is 6. The second kappa shape index (κ2) is 77.5. The molecule has 0 aliphatic rings. The van der Waals surface area contributed by atoms with E-state index in [1.54, 1.807) is 0 Å². The van der Waals surface area contributed by atoms with Crippen LogP contribution < -0.4 is 10.2 Å². The third kappa shape index (κ3) is 157. The topological polar surface area (TPSA) is 127 Å². The van der Waals surface area contributed by atoms with E-state index in [1.165, 1.54) is 0 Å². The van der Waals surface area contributed by atoms with Crippen molar-refractivity contribution in [2.24, 2.45) is 0 Å². The van der Waals surface area contributed by atoms with Gasteiger partial charge in [0.25, 0.3) is 0 Å². The molecule has 7 heteroatoms. The molecule has 0 amide bonds. The second-order valence-corrected chi connectivity index (χ2v) is 6.42. The van der Waals surface area contributed by atoms with Crippen LogP contribution in [0.3, 0.4) is 0 Å². The molecule has 0 aromatic heterocycles. The van der Waals surface area contributed by atoms with Crippen molar-refractivity contribution >= 4 is 0 Å². The summed E-state index contributed by atoms with van der Waals surface area (Å²) in [6, 6.07) is 0. The minimum absolute atomic E-state index is 0. The van der Waals surface area contributed by atoms with E-state index >= 15 is 0 Å². The molecule has 0 rings (SSSR count). The van der Waals surface area contributed by atoms with Gasteiger partial charge in [-0.1, -0.05) is 92.9 Å². The molecule has 4 N–H and O–H groups in total. The summed E-state index contributed by atoms with van der Waals surface area (Å²) >= 11 is 0. The summed E-state index contributed by atoms with van der Waals surface area (Å²) < 4.78 is 0. The van der Waals surface area contributed by atoms with Gasteiger partial charge in [0.2, 0.25) is 0 Å². The fourth-order valence-electron chi connectivity index (χ4n) is 0.921. The Kier molecular flexibility index (Phi) is 122. The molecule has 0 aromatic carbocycles. The van der Waals surface area contributed by atoms with Crippen molar-refractivity contribution in [2.75, 3.05) is 39.6 Å². The molecule has 0 heterocycles. The molecule has 194 valence electrons. The van der Waals surface area contributed by atoms with Crippen LogP contribution in [-0.4, -0.2) is 60.1 Å². The smallest absolute Gasteiger partial charge is 0.854 e. The molecule has 0 bridgehead atoms. The van der Waals surface area contributed by atoms with Gasteiger partial charge in [-0.15, -0.1) is 13.2 Å². The summed E-state index contributed by atoms with van der Waals surface area (Å²) in [7, 11) is 0. The Balaban J connectivity index is -0.0000000443. The molecule has 0 aliphatic carbocycles. The SMILES string of the molecule is CCCCO.CCCCO.CCCCO.CCCCO.CCCC[O-].CCCC[O-].[Zr+2]. The van der Waals surface area contributed by atoms with Crippen LogP contribution in [0.5, 0.6) is 0 Å². The van der Waals surface area contributed by atoms with Gasteiger partial charge in [-0.3, -0.25) is 0 Å². The van der Waals surface area contributed by atoms with Gasteiger partial charge in [0.1, 0.15) is 0 Å². The Morgan fingerprint density at radius 2 is 0.548 bits per heavy atom. The van der Waals surface area contributed by atoms with Gasteiger partial charge in [0, 0.05) is 26.4 Å². The minimum Gasteiger partial charge on any atom is -0.854 e. The van der Waals surface area contributed by atoms with Crippen LogP contribution in [-0.2, 0) is 26.2 Å². The molecule has 31 heavy (non-hydrogen) atoms. The third-order valence-corrected chi connectivity index (χ3v) is 3.04. The van der Waals surface area contributed by atoms with E-state index in [2.05, 4.69) is 27.7 Å². The maximum atomic E-state index is 9.53. The quantitative estimate of drug-likeness (QED) is 0.304. The van der Waals surface area contributed by atoms with Gasteiger partial charge in [0.05, 0.1) is 0 Å². The number of aliphatic hydroxyl groups excluding tert-OH is 4. The molecule has 0 saturated heterocycles. The van der Waals surface area contributed by atoms with Crippen molar-refractivity contribution < 1.29 is 56.8 Å². The van der Waals surface area contributed by atoms with Crippen molar-refractivity contribution in [2.45, 2.75) is 119 Å². The maximum absolute atomic E-state index is 9.53. The standard InChI is InChI=1S/4C4H10O.2C4H9O.Zr/c6*1-2-3-4-5;/h4*5H,2-4H2,1H3;2*2-4H2,1H3;/q;;;;2*-1;+2. The van der Waals surface area contributed by atoms with Crippen molar-refractivity contribution in [1.82, 2.24) is 0 Å². The minimum atomic E-state index is 0. The Morgan fingerprint density at radius 1 is 0.387 bits per heavy atom. The number of hydrogen-bond donors (Lipinski definition) is 4. The van der Waals surface area contributed by atoms with Gasteiger partial charge < -0.3 is 30.6 Å².